The van der Waals surface area contributed by atoms with E-state index in [2.05, 4.69) is 26.5 Å². The van der Waals surface area contributed by atoms with Crippen LogP contribution in [-0.4, -0.2) is 130 Å². The Bertz CT molecular complexity index is 4080. The predicted molar refractivity (Wildman–Crippen MR) is 359 cm³/mol. The van der Waals surface area contributed by atoms with Crippen molar-refractivity contribution in [3.8, 4) is 17.2 Å². The minimum atomic E-state index is -4.48. The standard InChI is InChI=1S/C69H85N9O13S2/c1-11-76-55-31-29-48(92(82,83)84)39-51(55)68(5,6)60(76)26-17-13-18-27-61-69(7,8)52-40-49(93(85,86)87)30-32-56(52)77(61)34-20-14-19-28-62(79)71-33-37-90-47-25-21-24-46(38-47)57-44-75(63(80)43-53(45-22-15-12-16-23-45)73-66(81)91-67(2,3)4)35-36-78(57)65-72-54-42-59(89-10)58(88-9)41-50(54)64(70)74-65/h12-13,15-18,21-27,29-32,38-42,53,57,60H,11,14,19-20,28,33-37,43-44H2,1-10H3,(H,71,79)(H,73,81)(H2,70,72,74)(H,82,83,84)(H,85,86,87)/b18-13+,26-17+,61-27+/t53-,57?,60?/m1/s1. The van der Waals surface area contributed by atoms with Crippen LogP contribution in [0.25, 0.3) is 10.9 Å². The number of carbonyl (C=O) groups excluding carboxylic acids is 3. The maximum Gasteiger partial charge on any atom is 0.408 e. The predicted octanol–water partition coefficient (Wildman–Crippen LogP) is 10.8. The fraction of sp³-hybridized carbons (Fsp3) is 0.406. The number of carbonyl (C=O) groups is 3. The SMILES string of the molecule is CCN1c2ccc(S(=O)(=O)O)cc2C(C)(C)C1/C=C/C=C/C=C1/N(CCCCCC(=O)NCCOc2cccc(C3CN(C(=O)C[C@@H](NC(=O)OC(C)(C)C)c4ccccc4)CCN3c3nc(N)c4cc(OC)c(OC)cc4n3)c2)c2ccc(S(=O)(=O)O)cc2C1(C)C. The summed E-state index contributed by atoms with van der Waals surface area (Å²) in [5, 5.41) is 6.48. The number of anilines is 4. The van der Waals surface area contributed by atoms with Gasteiger partial charge in [-0.15, -0.1) is 0 Å². The van der Waals surface area contributed by atoms with E-state index in [9.17, 15) is 40.3 Å². The molecule has 4 heterocycles. The van der Waals surface area contributed by atoms with Gasteiger partial charge in [-0.3, -0.25) is 18.7 Å². The topological polar surface area (TPSA) is 286 Å². The lowest BCUT2D eigenvalue weighted by Gasteiger charge is -2.42. The summed E-state index contributed by atoms with van der Waals surface area (Å²) in [5.41, 5.74) is 11.0. The molecule has 2 unspecified atom stereocenters. The normalized spacial score (nSPS) is 17.8. The third-order valence-corrected chi connectivity index (χ3v) is 19.0. The van der Waals surface area contributed by atoms with Crippen molar-refractivity contribution in [2.45, 2.75) is 132 Å². The molecule has 3 aliphatic heterocycles. The molecule has 3 amide bonds. The highest BCUT2D eigenvalue weighted by Crippen LogP contribution is 2.50. The maximum absolute atomic E-state index is 14.5. The highest BCUT2D eigenvalue weighted by atomic mass is 32.2. The third-order valence-electron chi connectivity index (χ3n) is 17.3. The molecule has 0 bridgehead atoms. The van der Waals surface area contributed by atoms with Crippen LogP contribution in [0, 0.1) is 0 Å². The van der Waals surface area contributed by atoms with Gasteiger partial charge in [0.2, 0.25) is 17.8 Å². The number of nitrogens with zero attached hydrogens (tertiary/aromatic N) is 6. The van der Waals surface area contributed by atoms with E-state index in [0.717, 1.165) is 39.3 Å². The van der Waals surface area contributed by atoms with Crippen molar-refractivity contribution >= 4 is 72.2 Å². The zero-order valence-electron chi connectivity index (χ0n) is 54.4. The molecule has 6 aromatic rings. The number of hydrogen-bond acceptors (Lipinski definition) is 17. The fourth-order valence-corrected chi connectivity index (χ4v) is 13.6. The summed E-state index contributed by atoms with van der Waals surface area (Å²) in [4.78, 5) is 58.4. The number of methoxy groups -OCH3 is 2. The molecule has 93 heavy (non-hydrogen) atoms. The number of fused-ring (bicyclic) bond motifs is 3. The molecular formula is C69H85N9O13S2. The van der Waals surface area contributed by atoms with Gasteiger partial charge in [0.15, 0.2) is 11.5 Å². The van der Waals surface area contributed by atoms with Crippen LogP contribution >= 0.6 is 0 Å². The highest BCUT2D eigenvalue weighted by molar-refractivity contribution is 7.86. The Labute approximate surface area is 545 Å². The van der Waals surface area contributed by atoms with Gasteiger partial charge in [0, 0.05) is 78.5 Å². The average Bonchev–Trinajstić information content (AvgIpc) is 1.64. The second kappa shape index (κ2) is 28.3. The van der Waals surface area contributed by atoms with Crippen molar-refractivity contribution in [2.75, 3.05) is 80.5 Å². The van der Waals surface area contributed by atoms with Crippen molar-refractivity contribution in [3.05, 3.63) is 161 Å². The van der Waals surface area contributed by atoms with Crippen LogP contribution in [0.5, 0.6) is 17.2 Å². The van der Waals surface area contributed by atoms with E-state index in [1.54, 1.807) is 63.1 Å². The number of ether oxygens (including phenoxy) is 4. The number of benzene rings is 5. The number of alkyl carbamates (subject to hydrolysis) is 1. The molecule has 496 valence electrons. The van der Waals surface area contributed by atoms with Gasteiger partial charge in [-0.25, -0.2) is 9.78 Å². The van der Waals surface area contributed by atoms with E-state index in [-0.39, 0.29) is 66.0 Å². The van der Waals surface area contributed by atoms with Gasteiger partial charge >= 0.3 is 6.09 Å². The molecule has 5 aromatic carbocycles. The Kier molecular flexibility index (Phi) is 20.9. The number of nitrogens with two attached hydrogens (primary N) is 1. The summed E-state index contributed by atoms with van der Waals surface area (Å²) >= 11 is 0. The van der Waals surface area contributed by atoms with Crippen molar-refractivity contribution in [3.63, 3.8) is 0 Å². The molecule has 0 saturated carbocycles. The lowest BCUT2D eigenvalue weighted by atomic mass is 9.80. The molecule has 1 saturated heterocycles. The molecule has 22 nitrogen and oxygen atoms in total. The molecule has 1 fully saturated rings. The van der Waals surface area contributed by atoms with Crippen molar-refractivity contribution in [1.82, 2.24) is 25.5 Å². The summed E-state index contributed by atoms with van der Waals surface area (Å²) in [5.74, 6) is 1.74. The first-order chi connectivity index (χ1) is 44.0. The minimum Gasteiger partial charge on any atom is -0.493 e. The zero-order valence-corrected chi connectivity index (χ0v) is 56.0. The van der Waals surface area contributed by atoms with Crippen molar-refractivity contribution in [1.29, 1.82) is 0 Å². The van der Waals surface area contributed by atoms with Gasteiger partial charge in [-0.2, -0.15) is 21.8 Å². The number of nitrogen functional groups attached to an aromatic ring is 1. The number of piperazine rings is 1. The maximum atomic E-state index is 14.5. The number of nitrogens with one attached hydrogen (secondary N) is 2. The second-order valence-electron chi connectivity index (χ2n) is 25.4. The number of rotatable bonds is 24. The Hall–Kier alpha value is -8.71. The number of likely N-dealkylation sites (N-methyl/N-ethyl adjacent to an activating group) is 1. The van der Waals surface area contributed by atoms with E-state index in [4.69, 9.17) is 34.6 Å². The summed E-state index contributed by atoms with van der Waals surface area (Å²) in [6.07, 6.45) is 11.5. The lowest BCUT2D eigenvalue weighted by molar-refractivity contribution is -0.132. The average molecular weight is 1310 g/mol. The van der Waals surface area contributed by atoms with Crippen LogP contribution < -0.4 is 45.3 Å². The van der Waals surface area contributed by atoms with Crippen LogP contribution in [0.2, 0.25) is 0 Å². The number of amides is 3. The van der Waals surface area contributed by atoms with Crippen molar-refractivity contribution in [2.24, 2.45) is 0 Å². The van der Waals surface area contributed by atoms with Crippen LogP contribution in [-0.2, 0) is 45.4 Å². The van der Waals surface area contributed by atoms with Gasteiger partial charge in [0.05, 0.1) is 60.6 Å². The smallest absolute Gasteiger partial charge is 0.408 e. The van der Waals surface area contributed by atoms with Gasteiger partial charge < -0.3 is 54.9 Å². The van der Waals surface area contributed by atoms with E-state index in [1.807, 2.05) is 118 Å². The largest absolute Gasteiger partial charge is 0.493 e. The highest BCUT2D eigenvalue weighted by Gasteiger charge is 2.44. The van der Waals surface area contributed by atoms with E-state index >= 15 is 0 Å². The Morgan fingerprint density at radius 2 is 1.48 bits per heavy atom. The van der Waals surface area contributed by atoms with Gasteiger partial charge in [0.25, 0.3) is 20.2 Å². The van der Waals surface area contributed by atoms with Crippen LogP contribution in [0.1, 0.15) is 122 Å². The molecule has 0 radical (unpaired) electrons. The third kappa shape index (κ3) is 15.9. The summed E-state index contributed by atoms with van der Waals surface area (Å²) in [7, 11) is -5.79. The summed E-state index contributed by atoms with van der Waals surface area (Å²) in [6.45, 7) is 18.0. The summed E-state index contributed by atoms with van der Waals surface area (Å²) in [6, 6.07) is 28.4. The quantitative estimate of drug-likeness (QED) is 0.0214. The molecule has 24 heteroatoms. The molecule has 1 aromatic heterocycles. The fourth-order valence-electron chi connectivity index (χ4n) is 12.6. The molecule has 0 spiro atoms. The Balaban J connectivity index is 0.832. The van der Waals surface area contributed by atoms with Crippen LogP contribution in [0.15, 0.2) is 149 Å². The van der Waals surface area contributed by atoms with Gasteiger partial charge in [-0.05, 0) is 123 Å². The number of allylic oxidation sites excluding steroid dienone is 5. The van der Waals surface area contributed by atoms with E-state index in [1.165, 1.54) is 25.3 Å². The van der Waals surface area contributed by atoms with Crippen LogP contribution in [0.3, 0.4) is 0 Å². The Morgan fingerprint density at radius 1 is 0.796 bits per heavy atom. The minimum absolute atomic E-state index is 0.0353. The van der Waals surface area contributed by atoms with Crippen LogP contribution in [0.4, 0.5) is 27.9 Å². The number of hydrogen-bond donors (Lipinski definition) is 5. The first-order valence-corrected chi connectivity index (χ1v) is 34.0. The first-order valence-electron chi connectivity index (χ1n) is 31.1. The van der Waals surface area contributed by atoms with E-state index in [0.29, 0.717) is 79.5 Å². The zero-order chi connectivity index (χ0) is 67.2. The van der Waals surface area contributed by atoms with Crippen molar-refractivity contribution < 1.29 is 59.3 Å². The number of unbranched alkanes of at least 4 members (excludes halogenated alkanes) is 2. The lowest BCUT2D eigenvalue weighted by Crippen LogP contribution is -2.51. The Morgan fingerprint density at radius 3 is 2.16 bits per heavy atom. The van der Waals surface area contributed by atoms with Gasteiger partial charge in [-0.1, -0.05) is 101 Å². The van der Waals surface area contributed by atoms with Gasteiger partial charge in [0.1, 0.15) is 23.8 Å². The molecule has 3 atom stereocenters. The molecule has 0 aliphatic carbocycles. The van der Waals surface area contributed by atoms with E-state index < -0.39 is 54.8 Å². The monoisotopic (exact) mass is 1310 g/mol. The first kappa shape index (κ1) is 68.7. The summed E-state index contributed by atoms with van der Waals surface area (Å²) < 4.78 is 91.5. The second-order valence-corrected chi connectivity index (χ2v) is 28.3. The number of aromatic nitrogens is 2. The molecule has 9 rings (SSSR count). The molecular weight excluding hydrogens is 1230 g/mol. The molecule has 3 aliphatic rings. The molecule has 6 N–H and O–H groups in total.